The summed E-state index contributed by atoms with van der Waals surface area (Å²) in [6, 6.07) is 8.58. The Morgan fingerprint density at radius 3 is 2.60 bits per heavy atom. The summed E-state index contributed by atoms with van der Waals surface area (Å²) >= 11 is 0. The first-order valence-corrected chi connectivity index (χ1v) is 8.46. The van der Waals surface area contributed by atoms with Crippen LogP contribution < -0.4 is 4.90 Å². The Kier molecular flexibility index (Phi) is 3.87. The van der Waals surface area contributed by atoms with Crippen LogP contribution in [0.1, 0.15) is 34.9 Å². The molecule has 130 valence electrons. The maximum atomic E-state index is 12.6. The van der Waals surface area contributed by atoms with E-state index in [0.29, 0.717) is 43.5 Å². The summed E-state index contributed by atoms with van der Waals surface area (Å²) < 4.78 is 0. The number of hydrogen-bond donors (Lipinski definition) is 1. The van der Waals surface area contributed by atoms with Crippen LogP contribution in [0.2, 0.25) is 0 Å². The van der Waals surface area contributed by atoms with Gasteiger partial charge in [-0.25, -0.2) is 0 Å². The van der Waals surface area contributed by atoms with Crippen molar-refractivity contribution in [2.45, 2.75) is 18.8 Å². The van der Waals surface area contributed by atoms with E-state index in [-0.39, 0.29) is 16.5 Å². The third-order valence-electron chi connectivity index (χ3n) is 4.82. The van der Waals surface area contributed by atoms with Crippen LogP contribution in [0.15, 0.2) is 30.3 Å². The van der Waals surface area contributed by atoms with Gasteiger partial charge in [0.15, 0.2) is 0 Å². The average Bonchev–Trinajstić information content (AvgIpc) is 3.38. The van der Waals surface area contributed by atoms with Crippen LogP contribution in [-0.2, 0) is 0 Å². The quantitative estimate of drug-likeness (QED) is 0.679. The molecule has 8 heteroatoms. The highest BCUT2D eigenvalue weighted by molar-refractivity contribution is 5.92. The number of anilines is 1. The van der Waals surface area contributed by atoms with Crippen molar-refractivity contribution < 1.29 is 9.72 Å². The van der Waals surface area contributed by atoms with Gasteiger partial charge in [0.25, 0.3) is 11.6 Å². The number of nitrogens with one attached hydrogen (secondary N) is 1. The van der Waals surface area contributed by atoms with Crippen LogP contribution in [0.25, 0.3) is 0 Å². The molecule has 1 amide bonds. The lowest BCUT2D eigenvalue weighted by Crippen LogP contribution is -2.49. The Labute approximate surface area is 144 Å². The fraction of sp³-hybridized carbons (Fsp3) is 0.412. The van der Waals surface area contributed by atoms with Crippen molar-refractivity contribution in [1.29, 1.82) is 0 Å². The molecule has 1 aliphatic heterocycles. The molecule has 2 aliphatic rings. The molecule has 0 radical (unpaired) electrons. The molecule has 1 saturated carbocycles. The minimum atomic E-state index is -0.365. The van der Waals surface area contributed by atoms with Crippen molar-refractivity contribution in [2.24, 2.45) is 0 Å². The molecule has 25 heavy (non-hydrogen) atoms. The minimum Gasteiger partial charge on any atom is -0.362 e. The third-order valence-corrected chi connectivity index (χ3v) is 4.82. The average molecular weight is 341 g/mol. The lowest BCUT2D eigenvalue weighted by molar-refractivity contribution is -0.384. The minimum absolute atomic E-state index is 0.0784. The molecule has 2 heterocycles. The zero-order valence-corrected chi connectivity index (χ0v) is 13.7. The number of nitro benzene ring substituents is 1. The van der Waals surface area contributed by atoms with Crippen molar-refractivity contribution in [3.8, 4) is 0 Å². The van der Waals surface area contributed by atoms with Crippen molar-refractivity contribution in [3.63, 3.8) is 0 Å². The predicted octanol–water partition coefficient (Wildman–Crippen LogP) is 2.16. The first kappa shape index (κ1) is 15.6. The molecule has 4 rings (SSSR count). The van der Waals surface area contributed by atoms with E-state index in [1.54, 1.807) is 23.1 Å². The number of hydrogen-bond acceptors (Lipinski definition) is 5. The summed E-state index contributed by atoms with van der Waals surface area (Å²) in [6.45, 7) is 2.18. The van der Waals surface area contributed by atoms with Gasteiger partial charge in [-0.2, -0.15) is 5.10 Å². The molecule has 2 fully saturated rings. The lowest BCUT2D eigenvalue weighted by atomic mass is 10.2. The number of aromatic amines is 1. The SMILES string of the molecule is O=C(c1cc(C2CC2)[nH]n1)N1CCN(c2ccccc2[N+](=O)[O-])CC1. The molecule has 0 bridgehead atoms. The fourth-order valence-electron chi connectivity index (χ4n) is 3.25. The summed E-state index contributed by atoms with van der Waals surface area (Å²) in [5, 5.41) is 18.3. The Morgan fingerprint density at radius 1 is 1.20 bits per heavy atom. The molecule has 8 nitrogen and oxygen atoms in total. The molecular formula is C17H19N5O3. The van der Waals surface area contributed by atoms with Gasteiger partial charge in [-0.1, -0.05) is 12.1 Å². The summed E-state index contributed by atoms with van der Waals surface area (Å²) in [7, 11) is 0. The number of nitro groups is 1. The highest BCUT2D eigenvalue weighted by Crippen LogP contribution is 2.39. The number of amides is 1. The monoisotopic (exact) mass is 341 g/mol. The van der Waals surface area contributed by atoms with Gasteiger partial charge in [0, 0.05) is 43.9 Å². The van der Waals surface area contributed by atoms with E-state index in [0.717, 1.165) is 18.5 Å². The second-order valence-corrected chi connectivity index (χ2v) is 6.51. The van der Waals surface area contributed by atoms with Crippen LogP contribution in [0.4, 0.5) is 11.4 Å². The lowest BCUT2D eigenvalue weighted by Gasteiger charge is -2.35. The van der Waals surface area contributed by atoms with E-state index < -0.39 is 0 Å². The first-order valence-electron chi connectivity index (χ1n) is 8.46. The maximum absolute atomic E-state index is 12.6. The molecule has 1 aliphatic carbocycles. The van der Waals surface area contributed by atoms with Gasteiger partial charge in [0.2, 0.25) is 0 Å². The zero-order chi connectivity index (χ0) is 17.4. The summed E-state index contributed by atoms with van der Waals surface area (Å²) in [5.41, 5.74) is 2.21. The van der Waals surface area contributed by atoms with E-state index in [2.05, 4.69) is 10.2 Å². The fourth-order valence-corrected chi connectivity index (χ4v) is 3.25. The molecule has 2 aromatic rings. The summed E-state index contributed by atoms with van der Waals surface area (Å²) in [4.78, 5) is 27.1. The molecule has 1 aromatic carbocycles. The standard InChI is InChI=1S/C17H19N5O3/c23-17(14-11-13(18-19-14)12-5-6-12)21-9-7-20(8-10-21)15-3-1-2-4-16(15)22(24)25/h1-4,11-12H,5-10H2,(H,18,19). The summed E-state index contributed by atoms with van der Waals surface area (Å²) in [5.74, 6) is 0.454. The van der Waals surface area contributed by atoms with E-state index in [4.69, 9.17) is 0 Å². The molecule has 1 saturated heterocycles. The Morgan fingerprint density at radius 2 is 1.92 bits per heavy atom. The second-order valence-electron chi connectivity index (χ2n) is 6.51. The number of nitrogens with zero attached hydrogens (tertiary/aromatic N) is 4. The number of para-hydroxylation sites is 2. The number of aromatic nitrogens is 2. The van der Waals surface area contributed by atoms with Crippen LogP contribution in [0, 0.1) is 10.1 Å². The number of H-pyrrole nitrogens is 1. The van der Waals surface area contributed by atoms with Gasteiger partial charge >= 0.3 is 0 Å². The Bertz CT molecular complexity index is 806. The van der Waals surface area contributed by atoms with Gasteiger partial charge in [0.05, 0.1) is 4.92 Å². The van der Waals surface area contributed by atoms with Gasteiger partial charge in [-0.05, 0) is 25.0 Å². The molecular weight excluding hydrogens is 322 g/mol. The van der Waals surface area contributed by atoms with E-state index in [1.807, 2.05) is 11.0 Å². The van der Waals surface area contributed by atoms with Crippen LogP contribution >= 0.6 is 0 Å². The van der Waals surface area contributed by atoms with Gasteiger partial charge in [0.1, 0.15) is 11.4 Å². The first-order chi connectivity index (χ1) is 12.1. The maximum Gasteiger partial charge on any atom is 0.292 e. The van der Waals surface area contributed by atoms with E-state index in [1.165, 1.54) is 6.07 Å². The molecule has 0 spiro atoms. The third kappa shape index (κ3) is 3.07. The van der Waals surface area contributed by atoms with Crippen LogP contribution in [0.5, 0.6) is 0 Å². The molecule has 0 atom stereocenters. The number of carbonyl (C=O) groups is 1. The van der Waals surface area contributed by atoms with Gasteiger partial charge < -0.3 is 9.80 Å². The largest absolute Gasteiger partial charge is 0.362 e. The van der Waals surface area contributed by atoms with Gasteiger partial charge in [-0.3, -0.25) is 20.0 Å². The van der Waals surface area contributed by atoms with Crippen molar-refractivity contribution in [1.82, 2.24) is 15.1 Å². The molecule has 0 unspecified atom stereocenters. The Hall–Kier alpha value is -2.90. The van der Waals surface area contributed by atoms with Gasteiger partial charge in [-0.15, -0.1) is 0 Å². The molecule has 1 N–H and O–H groups in total. The molecule has 1 aromatic heterocycles. The number of rotatable bonds is 4. The number of carbonyl (C=O) groups excluding carboxylic acids is 1. The van der Waals surface area contributed by atoms with E-state index >= 15 is 0 Å². The van der Waals surface area contributed by atoms with Crippen LogP contribution in [0.3, 0.4) is 0 Å². The summed E-state index contributed by atoms with van der Waals surface area (Å²) in [6.07, 6.45) is 2.31. The second kappa shape index (κ2) is 6.19. The van der Waals surface area contributed by atoms with E-state index in [9.17, 15) is 14.9 Å². The van der Waals surface area contributed by atoms with Crippen molar-refractivity contribution in [3.05, 3.63) is 51.8 Å². The normalized spacial score (nSPS) is 17.6. The predicted molar refractivity (Wildman–Crippen MR) is 91.8 cm³/mol. The van der Waals surface area contributed by atoms with Crippen molar-refractivity contribution >= 4 is 17.3 Å². The number of benzene rings is 1. The number of piperazine rings is 1. The zero-order valence-electron chi connectivity index (χ0n) is 13.7. The van der Waals surface area contributed by atoms with Crippen molar-refractivity contribution in [2.75, 3.05) is 31.1 Å². The Balaban J connectivity index is 1.42. The smallest absolute Gasteiger partial charge is 0.292 e. The topological polar surface area (TPSA) is 95.4 Å². The van der Waals surface area contributed by atoms with Crippen LogP contribution in [-0.4, -0.2) is 52.1 Å². The highest BCUT2D eigenvalue weighted by Gasteiger charge is 2.29. The highest BCUT2D eigenvalue weighted by atomic mass is 16.6.